The molecule has 1 heterocycles. The van der Waals surface area contributed by atoms with Crippen LogP contribution in [0.4, 0.5) is 5.69 Å². The average molecular weight is 450 g/mol. The zero-order chi connectivity index (χ0) is 23.6. The number of para-hydroxylation sites is 1. The number of aliphatic hydroxyl groups excluding tert-OH is 3. The smallest absolute Gasteiger partial charge is 0.224 e. The van der Waals surface area contributed by atoms with E-state index in [1.165, 1.54) is 11.8 Å². The molecule has 1 amide bonds. The molecule has 4 N–H and O–H groups in total. The van der Waals surface area contributed by atoms with E-state index in [2.05, 4.69) is 0 Å². The Morgan fingerprint density at radius 3 is 1.85 bits per heavy atom. The third-order valence-corrected chi connectivity index (χ3v) is 6.21. The lowest BCUT2D eigenvalue weighted by Gasteiger charge is -2.60. The number of rotatable bonds is 5. The summed E-state index contributed by atoms with van der Waals surface area (Å²) in [6.45, 7) is 0.671. The lowest BCUT2D eigenvalue weighted by molar-refractivity contribution is -0.355. The SMILES string of the molecule is CC(=O)N(c1ccccc1)[C@]1(c2ccccc2)[C@@H](O)[C@@H](O)[C@@H](CO)O[C@@]1(O)c1ccccc1. The molecule has 1 fully saturated rings. The molecule has 0 aromatic heterocycles. The molecule has 1 aliphatic heterocycles. The van der Waals surface area contributed by atoms with Crippen molar-refractivity contribution in [2.75, 3.05) is 11.5 Å². The molecular weight excluding hydrogens is 422 g/mol. The van der Waals surface area contributed by atoms with Crippen LogP contribution in [-0.2, 0) is 20.9 Å². The van der Waals surface area contributed by atoms with E-state index in [1.54, 1.807) is 91.0 Å². The second-order valence-corrected chi connectivity index (χ2v) is 8.11. The van der Waals surface area contributed by atoms with E-state index in [9.17, 15) is 25.2 Å². The van der Waals surface area contributed by atoms with Crippen LogP contribution in [0.5, 0.6) is 0 Å². The van der Waals surface area contributed by atoms with Gasteiger partial charge in [0.2, 0.25) is 11.7 Å². The number of amides is 1. The van der Waals surface area contributed by atoms with Crippen LogP contribution in [0.25, 0.3) is 0 Å². The Kier molecular flexibility index (Phi) is 6.34. The van der Waals surface area contributed by atoms with Crippen molar-refractivity contribution in [3.8, 4) is 0 Å². The zero-order valence-corrected chi connectivity index (χ0v) is 18.2. The maximum absolute atomic E-state index is 13.3. The molecule has 0 aliphatic carbocycles. The van der Waals surface area contributed by atoms with Gasteiger partial charge in [-0.2, -0.15) is 0 Å². The first-order valence-corrected chi connectivity index (χ1v) is 10.7. The highest BCUT2D eigenvalue weighted by Crippen LogP contribution is 2.54. The molecule has 3 aromatic carbocycles. The van der Waals surface area contributed by atoms with Gasteiger partial charge < -0.3 is 25.2 Å². The molecule has 7 heteroatoms. The van der Waals surface area contributed by atoms with E-state index in [0.717, 1.165) is 0 Å². The summed E-state index contributed by atoms with van der Waals surface area (Å²) < 4.78 is 6.02. The van der Waals surface area contributed by atoms with Gasteiger partial charge in [0, 0.05) is 18.2 Å². The predicted octanol–water partition coefficient (Wildman–Crippen LogP) is 1.89. The summed E-state index contributed by atoms with van der Waals surface area (Å²) in [6.07, 6.45) is -4.64. The molecule has 172 valence electrons. The molecule has 0 radical (unpaired) electrons. The molecule has 4 rings (SSSR count). The van der Waals surface area contributed by atoms with Crippen LogP contribution >= 0.6 is 0 Å². The monoisotopic (exact) mass is 449 g/mol. The average Bonchev–Trinajstić information content (AvgIpc) is 2.85. The van der Waals surface area contributed by atoms with Crippen LogP contribution in [0.1, 0.15) is 18.1 Å². The van der Waals surface area contributed by atoms with E-state index < -0.39 is 42.2 Å². The van der Waals surface area contributed by atoms with Gasteiger partial charge in [-0.05, 0) is 17.7 Å². The van der Waals surface area contributed by atoms with Gasteiger partial charge in [0.05, 0.1) is 6.61 Å². The summed E-state index contributed by atoms with van der Waals surface area (Å²) in [4.78, 5) is 14.5. The normalized spacial score (nSPS) is 29.4. The molecule has 5 atom stereocenters. The quantitative estimate of drug-likeness (QED) is 0.474. The first-order valence-electron chi connectivity index (χ1n) is 10.7. The van der Waals surface area contributed by atoms with E-state index in [4.69, 9.17) is 4.74 Å². The van der Waals surface area contributed by atoms with E-state index in [1.807, 2.05) is 0 Å². The Labute approximate surface area is 192 Å². The lowest BCUT2D eigenvalue weighted by atomic mass is 9.68. The second kappa shape index (κ2) is 9.05. The van der Waals surface area contributed by atoms with Crippen LogP contribution in [0.15, 0.2) is 91.0 Å². The summed E-state index contributed by atoms with van der Waals surface area (Å²) in [5.74, 6) is -2.83. The van der Waals surface area contributed by atoms with Crippen LogP contribution in [-0.4, -0.2) is 51.3 Å². The van der Waals surface area contributed by atoms with Crippen molar-refractivity contribution in [1.29, 1.82) is 0 Å². The number of carbonyl (C=O) groups is 1. The largest absolute Gasteiger partial charge is 0.394 e. The van der Waals surface area contributed by atoms with Gasteiger partial charge in [-0.15, -0.1) is 0 Å². The first kappa shape index (κ1) is 23.1. The zero-order valence-electron chi connectivity index (χ0n) is 18.2. The Bertz CT molecular complexity index is 1080. The fourth-order valence-electron chi connectivity index (χ4n) is 4.81. The van der Waals surface area contributed by atoms with Crippen molar-refractivity contribution >= 4 is 11.6 Å². The van der Waals surface area contributed by atoms with Crippen molar-refractivity contribution in [3.63, 3.8) is 0 Å². The van der Waals surface area contributed by atoms with E-state index in [0.29, 0.717) is 11.3 Å². The summed E-state index contributed by atoms with van der Waals surface area (Å²) in [5.41, 5.74) is -1.02. The molecule has 0 unspecified atom stereocenters. The molecular formula is C26H27NO6. The fraction of sp³-hybridized carbons (Fsp3) is 0.269. The summed E-state index contributed by atoms with van der Waals surface area (Å²) in [5, 5.41) is 45.0. The van der Waals surface area contributed by atoms with Gasteiger partial charge in [0.25, 0.3) is 0 Å². The number of aliphatic hydroxyl groups is 4. The third-order valence-electron chi connectivity index (χ3n) is 6.21. The number of nitrogens with zero attached hydrogens (tertiary/aromatic N) is 1. The number of ether oxygens (including phenoxy) is 1. The number of hydrogen-bond acceptors (Lipinski definition) is 6. The van der Waals surface area contributed by atoms with Crippen molar-refractivity contribution in [2.45, 2.75) is 36.6 Å². The molecule has 0 spiro atoms. The third kappa shape index (κ3) is 3.55. The second-order valence-electron chi connectivity index (χ2n) is 8.11. The topological polar surface area (TPSA) is 110 Å². The number of anilines is 1. The minimum absolute atomic E-state index is 0.250. The van der Waals surface area contributed by atoms with Crippen molar-refractivity contribution in [3.05, 3.63) is 102 Å². The molecule has 33 heavy (non-hydrogen) atoms. The molecule has 3 aromatic rings. The van der Waals surface area contributed by atoms with E-state index >= 15 is 0 Å². The van der Waals surface area contributed by atoms with Gasteiger partial charge in [0.15, 0.2) is 5.54 Å². The van der Waals surface area contributed by atoms with Crippen LogP contribution in [0, 0.1) is 0 Å². The summed E-state index contributed by atoms with van der Waals surface area (Å²) >= 11 is 0. The number of carbonyl (C=O) groups excluding carboxylic acids is 1. The van der Waals surface area contributed by atoms with Crippen molar-refractivity contribution in [1.82, 2.24) is 0 Å². The highest BCUT2D eigenvalue weighted by atomic mass is 16.7. The van der Waals surface area contributed by atoms with Crippen LogP contribution in [0.3, 0.4) is 0 Å². The van der Waals surface area contributed by atoms with Gasteiger partial charge >= 0.3 is 0 Å². The van der Waals surface area contributed by atoms with Crippen molar-refractivity contribution in [2.24, 2.45) is 0 Å². The minimum Gasteiger partial charge on any atom is -0.394 e. The maximum atomic E-state index is 13.3. The van der Waals surface area contributed by atoms with Gasteiger partial charge in [-0.3, -0.25) is 9.69 Å². The summed E-state index contributed by atoms with van der Waals surface area (Å²) in [6, 6.07) is 25.5. The number of benzene rings is 3. The maximum Gasteiger partial charge on any atom is 0.224 e. The molecule has 0 bridgehead atoms. The highest BCUT2D eigenvalue weighted by Gasteiger charge is 2.69. The van der Waals surface area contributed by atoms with Crippen molar-refractivity contribution < 1.29 is 30.0 Å². The molecule has 0 saturated carbocycles. The predicted molar refractivity (Wildman–Crippen MR) is 122 cm³/mol. The van der Waals surface area contributed by atoms with Gasteiger partial charge in [0.1, 0.15) is 18.3 Å². The first-order chi connectivity index (χ1) is 15.9. The molecule has 1 aliphatic rings. The Morgan fingerprint density at radius 1 is 0.879 bits per heavy atom. The highest BCUT2D eigenvalue weighted by molar-refractivity contribution is 5.94. The Hall–Kier alpha value is -3.07. The van der Waals surface area contributed by atoms with Crippen LogP contribution < -0.4 is 4.90 Å². The fourth-order valence-corrected chi connectivity index (χ4v) is 4.81. The molecule has 1 saturated heterocycles. The Balaban J connectivity index is 2.13. The van der Waals surface area contributed by atoms with Crippen LogP contribution in [0.2, 0.25) is 0 Å². The molecule has 7 nitrogen and oxygen atoms in total. The lowest BCUT2D eigenvalue weighted by Crippen LogP contribution is -2.76. The minimum atomic E-state index is -2.34. The van der Waals surface area contributed by atoms with E-state index in [-0.39, 0.29) is 5.56 Å². The standard InChI is InChI=1S/C26H27NO6/c1-18(29)27(21-15-9-4-10-16-21)25(19-11-5-2-6-12-19)24(31)23(30)22(17-28)33-26(25,32)20-13-7-3-8-14-20/h2-16,22-24,28,30-32H,17H2,1H3/t22-,23+,24+,25-,26+/m1/s1. The summed E-state index contributed by atoms with van der Waals surface area (Å²) in [7, 11) is 0. The number of hydrogen-bond donors (Lipinski definition) is 4. The Morgan fingerprint density at radius 2 is 1.36 bits per heavy atom. The van der Waals surface area contributed by atoms with Gasteiger partial charge in [-0.25, -0.2) is 0 Å². The van der Waals surface area contributed by atoms with Gasteiger partial charge in [-0.1, -0.05) is 78.9 Å².